The number of carbonyl (C=O) groups excluding carboxylic acids is 1. The second-order valence-electron chi connectivity index (χ2n) is 7.98. The van der Waals surface area contributed by atoms with Crippen LogP contribution >= 0.6 is 0 Å². The van der Waals surface area contributed by atoms with Gasteiger partial charge in [-0.3, -0.25) is 4.79 Å². The average Bonchev–Trinajstić information content (AvgIpc) is 2.72. The van der Waals surface area contributed by atoms with Gasteiger partial charge in [0.05, 0.1) is 13.5 Å². The van der Waals surface area contributed by atoms with Crippen molar-refractivity contribution in [2.45, 2.75) is 46.6 Å². The first kappa shape index (κ1) is 21.7. The molecule has 0 unspecified atom stereocenters. The van der Waals surface area contributed by atoms with Crippen molar-refractivity contribution in [3.05, 3.63) is 76.4 Å². The molecule has 2 aromatic carbocycles. The fourth-order valence-electron chi connectivity index (χ4n) is 3.44. The lowest BCUT2D eigenvalue weighted by atomic mass is 9.92. The number of methoxy groups -OCH3 is 1. The van der Waals surface area contributed by atoms with Gasteiger partial charge in [0, 0.05) is 11.6 Å². The first-order chi connectivity index (χ1) is 14.4. The van der Waals surface area contributed by atoms with Crippen LogP contribution < -0.4 is 14.2 Å². The van der Waals surface area contributed by atoms with Crippen LogP contribution in [0.3, 0.4) is 0 Å². The molecule has 158 valence electrons. The summed E-state index contributed by atoms with van der Waals surface area (Å²) in [6.45, 7) is 8.62. The highest BCUT2D eigenvalue weighted by atomic mass is 16.5. The fourth-order valence-corrected chi connectivity index (χ4v) is 3.44. The van der Waals surface area contributed by atoms with Gasteiger partial charge in [0.15, 0.2) is 5.78 Å². The Labute approximate surface area is 179 Å². The van der Waals surface area contributed by atoms with Gasteiger partial charge in [-0.2, -0.15) is 0 Å². The molecular formula is C26H30O4. The maximum Gasteiger partial charge on any atom is 0.174 e. The topological polar surface area (TPSA) is 44.8 Å². The lowest BCUT2D eigenvalue weighted by molar-refractivity contribution is 0.0841. The van der Waals surface area contributed by atoms with Crippen molar-refractivity contribution in [2.75, 3.05) is 13.7 Å². The summed E-state index contributed by atoms with van der Waals surface area (Å²) in [7, 11) is 1.57. The molecule has 1 aliphatic rings. The minimum Gasteiger partial charge on any atom is -0.496 e. The van der Waals surface area contributed by atoms with E-state index in [1.165, 1.54) is 11.1 Å². The normalized spacial score (nSPS) is 15.0. The molecule has 1 heterocycles. The number of hydrogen-bond donors (Lipinski definition) is 0. The molecule has 0 fully saturated rings. The van der Waals surface area contributed by atoms with Crippen molar-refractivity contribution in [1.82, 2.24) is 0 Å². The Hall–Kier alpha value is -3.01. The van der Waals surface area contributed by atoms with Crippen LogP contribution in [0.1, 0.15) is 61.7 Å². The van der Waals surface area contributed by atoms with E-state index in [2.05, 4.69) is 19.9 Å². The molecule has 0 aliphatic carbocycles. The number of rotatable bonds is 7. The highest BCUT2D eigenvalue weighted by Crippen LogP contribution is 2.46. The third-order valence-electron chi connectivity index (χ3n) is 5.05. The van der Waals surface area contributed by atoms with E-state index in [9.17, 15) is 4.79 Å². The molecule has 0 N–H and O–H groups in total. The predicted octanol–water partition coefficient (Wildman–Crippen LogP) is 6.26. The highest BCUT2D eigenvalue weighted by molar-refractivity contribution is 6.03. The van der Waals surface area contributed by atoms with Gasteiger partial charge in [0.1, 0.15) is 35.5 Å². The third-order valence-corrected chi connectivity index (χ3v) is 5.05. The van der Waals surface area contributed by atoms with Crippen molar-refractivity contribution in [3.63, 3.8) is 0 Å². The molecule has 1 aliphatic heterocycles. The summed E-state index contributed by atoms with van der Waals surface area (Å²) in [4.78, 5) is 13.1. The number of benzene rings is 2. The van der Waals surface area contributed by atoms with Gasteiger partial charge < -0.3 is 14.2 Å². The molecule has 30 heavy (non-hydrogen) atoms. The van der Waals surface area contributed by atoms with Crippen LogP contribution in [0.25, 0.3) is 0 Å². The van der Waals surface area contributed by atoms with Gasteiger partial charge in [-0.15, -0.1) is 0 Å². The molecule has 2 aromatic rings. The third kappa shape index (κ3) is 4.93. The quantitative estimate of drug-likeness (QED) is 0.509. The van der Waals surface area contributed by atoms with Gasteiger partial charge >= 0.3 is 0 Å². The Kier molecular flexibility index (Phi) is 6.99. The maximum atomic E-state index is 13.1. The standard InChI is InChI=1S/C26H30O4/c1-17(2)11-12-20-23(29-14-13-18(3)4)16-24(28-5)25-21(27)15-22(30-26(20)25)19-9-7-6-8-10-19/h6-11,13,16,22H,12,14-15H2,1-5H3/t22-/m1/s1. The highest BCUT2D eigenvalue weighted by Gasteiger charge is 2.34. The minimum atomic E-state index is -0.325. The summed E-state index contributed by atoms with van der Waals surface area (Å²) < 4.78 is 18.1. The van der Waals surface area contributed by atoms with Crippen LogP contribution in [-0.2, 0) is 6.42 Å². The molecular weight excluding hydrogens is 376 g/mol. The number of ether oxygens (including phenoxy) is 3. The number of Topliss-reactive ketones (excluding diaryl/α,β-unsaturated/α-hetero) is 1. The van der Waals surface area contributed by atoms with E-state index in [1.807, 2.05) is 56.3 Å². The number of fused-ring (bicyclic) bond motifs is 1. The smallest absolute Gasteiger partial charge is 0.174 e. The predicted molar refractivity (Wildman–Crippen MR) is 120 cm³/mol. The monoisotopic (exact) mass is 406 g/mol. The molecule has 0 saturated heterocycles. The summed E-state index contributed by atoms with van der Waals surface area (Å²) >= 11 is 0. The number of hydrogen-bond acceptors (Lipinski definition) is 4. The maximum absolute atomic E-state index is 13.1. The first-order valence-corrected chi connectivity index (χ1v) is 10.3. The Balaban J connectivity index is 2.11. The van der Waals surface area contributed by atoms with Crippen molar-refractivity contribution >= 4 is 5.78 Å². The Bertz CT molecular complexity index is 962. The largest absolute Gasteiger partial charge is 0.496 e. The number of carbonyl (C=O) groups is 1. The SMILES string of the molecule is COc1cc(OCC=C(C)C)c(CC=C(C)C)c2c1C(=O)C[C@H](c1ccccc1)O2. The molecule has 3 rings (SSSR count). The molecule has 1 atom stereocenters. The Morgan fingerprint density at radius 2 is 1.77 bits per heavy atom. The van der Waals surface area contributed by atoms with Crippen LogP contribution in [0, 0.1) is 0 Å². The summed E-state index contributed by atoms with van der Waals surface area (Å²) in [5.41, 5.74) is 4.75. The van der Waals surface area contributed by atoms with Crippen LogP contribution in [-0.4, -0.2) is 19.5 Å². The Morgan fingerprint density at radius 3 is 2.40 bits per heavy atom. The van der Waals surface area contributed by atoms with Gasteiger partial charge in [-0.25, -0.2) is 0 Å². The van der Waals surface area contributed by atoms with Crippen LogP contribution in [0.5, 0.6) is 17.2 Å². The van der Waals surface area contributed by atoms with Crippen LogP contribution in [0.2, 0.25) is 0 Å². The zero-order valence-corrected chi connectivity index (χ0v) is 18.5. The van der Waals surface area contributed by atoms with Crippen LogP contribution in [0.4, 0.5) is 0 Å². The van der Waals surface area contributed by atoms with Crippen molar-refractivity contribution in [3.8, 4) is 17.2 Å². The van der Waals surface area contributed by atoms with E-state index < -0.39 is 0 Å². The fraction of sp³-hybridized carbons (Fsp3) is 0.346. The summed E-state index contributed by atoms with van der Waals surface area (Å²) in [5, 5.41) is 0. The first-order valence-electron chi connectivity index (χ1n) is 10.3. The van der Waals surface area contributed by atoms with E-state index in [4.69, 9.17) is 14.2 Å². The molecule has 0 aromatic heterocycles. The van der Waals surface area contributed by atoms with Gasteiger partial charge in [-0.1, -0.05) is 47.6 Å². The molecule has 0 bridgehead atoms. The summed E-state index contributed by atoms with van der Waals surface area (Å²) in [6, 6.07) is 11.7. The van der Waals surface area contributed by atoms with E-state index in [1.54, 1.807) is 7.11 Å². The van der Waals surface area contributed by atoms with E-state index in [0.717, 1.165) is 11.1 Å². The van der Waals surface area contributed by atoms with E-state index in [-0.39, 0.29) is 18.3 Å². The molecule has 4 heteroatoms. The van der Waals surface area contributed by atoms with E-state index >= 15 is 0 Å². The number of allylic oxidation sites excluding steroid dienone is 3. The zero-order valence-electron chi connectivity index (χ0n) is 18.5. The van der Waals surface area contributed by atoms with Crippen LogP contribution in [0.15, 0.2) is 59.7 Å². The molecule has 4 nitrogen and oxygen atoms in total. The lowest BCUT2D eigenvalue weighted by Gasteiger charge is -2.29. The number of ketones is 1. The lowest BCUT2D eigenvalue weighted by Crippen LogP contribution is -2.22. The van der Waals surface area contributed by atoms with Crippen molar-refractivity contribution < 1.29 is 19.0 Å². The summed E-state index contributed by atoms with van der Waals surface area (Å²) in [5.74, 6) is 1.78. The van der Waals surface area contributed by atoms with Gasteiger partial charge in [-0.05, 0) is 45.8 Å². The second kappa shape index (κ2) is 9.66. The summed E-state index contributed by atoms with van der Waals surface area (Å²) in [6.07, 6.45) is 4.72. The van der Waals surface area contributed by atoms with Gasteiger partial charge in [0.25, 0.3) is 0 Å². The minimum absolute atomic E-state index is 0.0243. The van der Waals surface area contributed by atoms with Crippen molar-refractivity contribution in [2.24, 2.45) is 0 Å². The average molecular weight is 407 g/mol. The molecule has 0 amide bonds. The molecule has 0 radical (unpaired) electrons. The van der Waals surface area contributed by atoms with Gasteiger partial charge in [0.2, 0.25) is 0 Å². The van der Waals surface area contributed by atoms with E-state index in [0.29, 0.717) is 35.8 Å². The molecule has 0 saturated carbocycles. The second-order valence-corrected chi connectivity index (χ2v) is 7.98. The van der Waals surface area contributed by atoms with Crippen molar-refractivity contribution in [1.29, 1.82) is 0 Å². The molecule has 0 spiro atoms. The zero-order chi connectivity index (χ0) is 21.7. The Morgan fingerprint density at radius 1 is 1.07 bits per heavy atom.